The Labute approximate surface area is 127 Å². The number of halogens is 1. The quantitative estimate of drug-likeness (QED) is 0.855. The highest BCUT2D eigenvalue weighted by molar-refractivity contribution is 6.39. The molecular weight excluding hydrogens is 290 g/mol. The number of hydrogen-bond acceptors (Lipinski definition) is 3. The van der Waals surface area contributed by atoms with E-state index in [0.29, 0.717) is 10.7 Å². The molecule has 0 spiro atoms. The number of rotatable bonds is 3. The molecular formula is C15H14ClN3O2. The van der Waals surface area contributed by atoms with E-state index >= 15 is 0 Å². The number of aryl methyl sites for hydroxylation is 1. The zero-order chi connectivity index (χ0) is 15.2. The minimum absolute atomic E-state index is 0.250. The van der Waals surface area contributed by atoms with E-state index in [-0.39, 0.29) is 6.54 Å². The smallest absolute Gasteiger partial charge is 0.313 e. The minimum Gasteiger partial charge on any atom is -0.344 e. The highest BCUT2D eigenvalue weighted by Crippen LogP contribution is 2.19. The lowest BCUT2D eigenvalue weighted by Crippen LogP contribution is -2.35. The summed E-state index contributed by atoms with van der Waals surface area (Å²) in [6.45, 7) is 2.05. The van der Waals surface area contributed by atoms with E-state index in [2.05, 4.69) is 15.6 Å². The first-order valence-corrected chi connectivity index (χ1v) is 6.68. The van der Waals surface area contributed by atoms with Crippen LogP contribution < -0.4 is 10.6 Å². The van der Waals surface area contributed by atoms with E-state index in [4.69, 9.17) is 11.6 Å². The van der Waals surface area contributed by atoms with E-state index in [1.165, 1.54) is 0 Å². The van der Waals surface area contributed by atoms with E-state index in [1.807, 2.05) is 6.07 Å². The van der Waals surface area contributed by atoms with Gasteiger partial charge in [-0.05, 0) is 42.3 Å². The fraction of sp³-hybridized carbons (Fsp3) is 0.133. The maximum atomic E-state index is 11.8. The third-order valence-corrected chi connectivity index (χ3v) is 3.05. The van der Waals surface area contributed by atoms with Crippen LogP contribution in [0.4, 0.5) is 5.69 Å². The fourth-order valence-corrected chi connectivity index (χ4v) is 1.94. The topological polar surface area (TPSA) is 71.1 Å². The average Bonchev–Trinajstić information content (AvgIpc) is 2.48. The molecule has 0 aliphatic rings. The van der Waals surface area contributed by atoms with Crippen molar-refractivity contribution in [2.24, 2.45) is 0 Å². The van der Waals surface area contributed by atoms with Crippen molar-refractivity contribution in [2.75, 3.05) is 5.32 Å². The van der Waals surface area contributed by atoms with Crippen LogP contribution in [0.1, 0.15) is 11.1 Å². The number of nitrogens with one attached hydrogen (secondary N) is 2. The molecule has 2 amide bonds. The van der Waals surface area contributed by atoms with Gasteiger partial charge in [-0.1, -0.05) is 17.7 Å². The molecule has 0 bridgehead atoms. The number of carbonyl (C=O) groups excluding carboxylic acids is 2. The van der Waals surface area contributed by atoms with Gasteiger partial charge in [-0.25, -0.2) is 0 Å². The summed E-state index contributed by atoms with van der Waals surface area (Å²) in [4.78, 5) is 27.5. The van der Waals surface area contributed by atoms with Crippen molar-refractivity contribution >= 4 is 29.1 Å². The number of benzene rings is 1. The number of pyridine rings is 1. The molecule has 108 valence electrons. The first kappa shape index (κ1) is 15.0. The first-order chi connectivity index (χ1) is 10.1. The maximum absolute atomic E-state index is 11.8. The van der Waals surface area contributed by atoms with E-state index in [1.54, 1.807) is 43.6 Å². The minimum atomic E-state index is -0.718. The van der Waals surface area contributed by atoms with E-state index in [9.17, 15) is 9.59 Å². The monoisotopic (exact) mass is 303 g/mol. The van der Waals surface area contributed by atoms with Crippen molar-refractivity contribution in [2.45, 2.75) is 13.5 Å². The molecule has 0 fully saturated rings. The Morgan fingerprint density at radius 3 is 2.71 bits per heavy atom. The van der Waals surface area contributed by atoms with Crippen molar-refractivity contribution < 1.29 is 9.59 Å². The molecule has 2 aromatic rings. The second-order valence-electron chi connectivity index (χ2n) is 4.46. The molecule has 1 heterocycles. The normalized spacial score (nSPS) is 10.0. The summed E-state index contributed by atoms with van der Waals surface area (Å²) in [6, 6.07) is 8.60. The van der Waals surface area contributed by atoms with Gasteiger partial charge in [0.05, 0.1) is 0 Å². The lowest BCUT2D eigenvalue weighted by Gasteiger charge is -2.09. The lowest BCUT2D eigenvalue weighted by molar-refractivity contribution is -0.136. The summed E-state index contributed by atoms with van der Waals surface area (Å²) in [5, 5.41) is 5.66. The Kier molecular flexibility index (Phi) is 4.90. The summed E-state index contributed by atoms with van der Waals surface area (Å²) in [6.07, 6.45) is 3.27. The molecule has 0 aliphatic heterocycles. The molecule has 6 heteroatoms. The molecule has 1 aromatic heterocycles. The van der Waals surface area contributed by atoms with Crippen molar-refractivity contribution in [3.63, 3.8) is 0 Å². The van der Waals surface area contributed by atoms with Crippen LogP contribution in [-0.2, 0) is 16.1 Å². The summed E-state index contributed by atoms with van der Waals surface area (Å²) in [5.74, 6) is -1.42. The third-order valence-electron chi connectivity index (χ3n) is 2.82. The Balaban J connectivity index is 1.92. The van der Waals surface area contributed by atoms with Crippen LogP contribution in [0.5, 0.6) is 0 Å². The van der Waals surface area contributed by atoms with E-state index < -0.39 is 11.8 Å². The zero-order valence-electron chi connectivity index (χ0n) is 11.4. The van der Waals surface area contributed by atoms with Gasteiger partial charge in [0.1, 0.15) is 0 Å². The van der Waals surface area contributed by atoms with Crippen molar-refractivity contribution in [1.29, 1.82) is 0 Å². The number of amides is 2. The molecule has 1 aromatic carbocycles. The zero-order valence-corrected chi connectivity index (χ0v) is 12.1. The summed E-state index contributed by atoms with van der Waals surface area (Å²) in [7, 11) is 0. The van der Waals surface area contributed by atoms with Crippen LogP contribution in [0.2, 0.25) is 5.02 Å². The van der Waals surface area contributed by atoms with Gasteiger partial charge in [-0.2, -0.15) is 0 Å². The number of aromatic nitrogens is 1. The Hall–Kier alpha value is -2.40. The highest BCUT2D eigenvalue weighted by atomic mass is 35.5. The van der Waals surface area contributed by atoms with Crippen LogP contribution in [0.15, 0.2) is 42.7 Å². The van der Waals surface area contributed by atoms with Crippen molar-refractivity contribution in [3.05, 3.63) is 58.9 Å². The van der Waals surface area contributed by atoms with Gasteiger partial charge >= 0.3 is 11.8 Å². The molecule has 0 atom stereocenters. The van der Waals surface area contributed by atoms with Gasteiger partial charge in [-0.3, -0.25) is 14.6 Å². The SMILES string of the molecule is Cc1cc(Cl)ccc1NC(=O)C(=O)NCc1cccnc1. The Morgan fingerprint density at radius 1 is 1.24 bits per heavy atom. The molecule has 0 unspecified atom stereocenters. The second-order valence-corrected chi connectivity index (χ2v) is 4.89. The highest BCUT2D eigenvalue weighted by Gasteiger charge is 2.14. The van der Waals surface area contributed by atoms with E-state index in [0.717, 1.165) is 11.1 Å². The summed E-state index contributed by atoms with van der Waals surface area (Å²) >= 11 is 5.84. The Morgan fingerprint density at radius 2 is 2.05 bits per heavy atom. The first-order valence-electron chi connectivity index (χ1n) is 6.30. The summed E-state index contributed by atoms with van der Waals surface area (Å²) in [5.41, 5.74) is 2.16. The molecule has 0 radical (unpaired) electrons. The van der Waals surface area contributed by atoms with Crippen LogP contribution in [-0.4, -0.2) is 16.8 Å². The molecule has 2 N–H and O–H groups in total. The standard InChI is InChI=1S/C15H14ClN3O2/c1-10-7-12(16)4-5-13(10)19-15(21)14(20)18-9-11-3-2-6-17-8-11/h2-8H,9H2,1H3,(H,18,20)(H,19,21). The van der Waals surface area contributed by atoms with Crippen molar-refractivity contribution in [3.8, 4) is 0 Å². The molecule has 0 saturated carbocycles. The largest absolute Gasteiger partial charge is 0.344 e. The number of hydrogen-bond donors (Lipinski definition) is 2. The Bertz CT molecular complexity index is 659. The van der Waals surface area contributed by atoms with Gasteiger partial charge in [0, 0.05) is 29.6 Å². The number of nitrogens with zero attached hydrogens (tertiary/aromatic N) is 1. The molecule has 0 saturated heterocycles. The molecule has 0 aliphatic carbocycles. The van der Waals surface area contributed by atoms with Gasteiger partial charge < -0.3 is 10.6 Å². The lowest BCUT2D eigenvalue weighted by atomic mass is 10.2. The van der Waals surface area contributed by atoms with Gasteiger partial charge in [0.25, 0.3) is 0 Å². The molecule has 5 nitrogen and oxygen atoms in total. The number of carbonyl (C=O) groups is 2. The van der Waals surface area contributed by atoms with Crippen LogP contribution >= 0.6 is 11.6 Å². The van der Waals surface area contributed by atoms with Crippen LogP contribution in [0, 0.1) is 6.92 Å². The van der Waals surface area contributed by atoms with Gasteiger partial charge in [0.15, 0.2) is 0 Å². The van der Waals surface area contributed by atoms with Gasteiger partial charge in [0.2, 0.25) is 0 Å². The average molecular weight is 304 g/mol. The van der Waals surface area contributed by atoms with Crippen LogP contribution in [0.25, 0.3) is 0 Å². The fourth-order valence-electron chi connectivity index (χ4n) is 1.71. The van der Waals surface area contributed by atoms with Crippen molar-refractivity contribution in [1.82, 2.24) is 10.3 Å². The van der Waals surface area contributed by atoms with Gasteiger partial charge in [-0.15, -0.1) is 0 Å². The van der Waals surface area contributed by atoms with Crippen LogP contribution in [0.3, 0.4) is 0 Å². The molecule has 21 heavy (non-hydrogen) atoms. The summed E-state index contributed by atoms with van der Waals surface area (Å²) < 4.78 is 0. The maximum Gasteiger partial charge on any atom is 0.313 e. The predicted octanol–water partition coefficient (Wildman–Crippen LogP) is 2.30. The third kappa shape index (κ3) is 4.29. The molecule has 2 rings (SSSR count). The second kappa shape index (κ2) is 6.85. The predicted molar refractivity (Wildman–Crippen MR) is 80.9 cm³/mol. The number of anilines is 1.